The predicted octanol–water partition coefficient (Wildman–Crippen LogP) is 2.54. The Morgan fingerprint density at radius 1 is 1.16 bits per heavy atom. The van der Waals surface area contributed by atoms with Crippen molar-refractivity contribution in [1.82, 2.24) is 18.8 Å². The van der Waals surface area contributed by atoms with Crippen LogP contribution in [0.5, 0.6) is 5.75 Å². The molecule has 204 valence electrons. The molecular formula is C26H33N5O5S2. The number of rotatable bonds is 6. The molecule has 1 amide bonds. The fraction of sp³-hybridized carbons (Fsp3) is 0.500. The van der Waals surface area contributed by atoms with Gasteiger partial charge < -0.3 is 14.5 Å². The maximum Gasteiger partial charge on any atom is 0.263 e. The average molecular weight is 560 g/mol. The van der Waals surface area contributed by atoms with Crippen LogP contribution in [-0.2, 0) is 21.4 Å². The van der Waals surface area contributed by atoms with Crippen LogP contribution >= 0.6 is 11.3 Å². The zero-order valence-corrected chi connectivity index (χ0v) is 23.6. The van der Waals surface area contributed by atoms with Crippen molar-refractivity contribution in [3.05, 3.63) is 45.8 Å². The maximum absolute atomic E-state index is 13.9. The van der Waals surface area contributed by atoms with Gasteiger partial charge in [0.1, 0.15) is 22.0 Å². The number of aryl methyl sites for hydroxylation is 1. The second kappa shape index (κ2) is 10.7. The number of fused-ring (bicyclic) bond motifs is 1. The largest absolute Gasteiger partial charge is 0.495 e. The normalized spacial score (nSPS) is 19.2. The summed E-state index contributed by atoms with van der Waals surface area (Å²) in [6.45, 7) is 6.54. The van der Waals surface area contributed by atoms with Gasteiger partial charge >= 0.3 is 0 Å². The molecule has 0 aliphatic carbocycles. The lowest BCUT2D eigenvalue weighted by atomic mass is 10.0. The van der Waals surface area contributed by atoms with Gasteiger partial charge in [0.2, 0.25) is 15.9 Å². The highest BCUT2D eigenvalue weighted by Crippen LogP contribution is 2.34. The first-order valence-electron chi connectivity index (χ1n) is 12.8. The van der Waals surface area contributed by atoms with E-state index in [9.17, 15) is 18.0 Å². The molecule has 0 unspecified atom stereocenters. The van der Waals surface area contributed by atoms with Crippen molar-refractivity contribution in [2.24, 2.45) is 5.92 Å². The Hall–Kier alpha value is -2.96. The number of hydrogen-bond acceptors (Lipinski definition) is 8. The van der Waals surface area contributed by atoms with E-state index in [0.717, 1.165) is 24.3 Å². The van der Waals surface area contributed by atoms with Crippen LogP contribution in [0.2, 0.25) is 0 Å². The molecule has 2 fully saturated rings. The number of carbonyl (C=O) groups excluding carboxylic acids is 1. The first kappa shape index (κ1) is 26.6. The van der Waals surface area contributed by atoms with Gasteiger partial charge in [-0.25, -0.2) is 13.4 Å². The van der Waals surface area contributed by atoms with E-state index in [2.05, 4.69) is 16.8 Å². The number of sulfonamides is 1. The van der Waals surface area contributed by atoms with Gasteiger partial charge in [0.15, 0.2) is 0 Å². The molecule has 0 radical (unpaired) electrons. The monoisotopic (exact) mass is 559 g/mol. The number of benzene rings is 1. The summed E-state index contributed by atoms with van der Waals surface area (Å²) in [5.74, 6) is 1.01. The quantitative estimate of drug-likeness (QED) is 0.457. The first-order chi connectivity index (χ1) is 18.2. The smallest absolute Gasteiger partial charge is 0.263 e. The molecule has 2 saturated heterocycles. The summed E-state index contributed by atoms with van der Waals surface area (Å²) < 4.78 is 35.9. The Balaban J connectivity index is 1.41. The molecule has 0 N–H and O–H groups in total. The molecule has 3 aromatic rings. The molecule has 2 aliphatic rings. The van der Waals surface area contributed by atoms with E-state index in [1.807, 2.05) is 24.3 Å². The number of carbonyl (C=O) groups is 1. The lowest BCUT2D eigenvalue weighted by Gasteiger charge is -2.36. The van der Waals surface area contributed by atoms with Gasteiger partial charge in [-0.3, -0.25) is 14.2 Å². The van der Waals surface area contributed by atoms with Crippen molar-refractivity contribution < 1.29 is 17.9 Å². The minimum absolute atomic E-state index is 0.00846. The molecule has 12 heteroatoms. The zero-order valence-electron chi connectivity index (χ0n) is 21.9. The third-order valence-electron chi connectivity index (χ3n) is 7.38. The van der Waals surface area contributed by atoms with Gasteiger partial charge in [-0.1, -0.05) is 19.1 Å². The number of likely N-dealkylation sites (tertiary alicyclic amines) is 1. The van der Waals surface area contributed by atoms with Crippen molar-refractivity contribution in [2.45, 2.75) is 38.1 Å². The van der Waals surface area contributed by atoms with Crippen molar-refractivity contribution in [3.8, 4) is 5.75 Å². The highest BCUT2D eigenvalue weighted by molar-refractivity contribution is 7.89. The van der Waals surface area contributed by atoms with Crippen molar-refractivity contribution in [1.29, 1.82) is 0 Å². The Morgan fingerprint density at radius 2 is 1.89 bits per heavy atom. The lowest BCUT2D eigenvalue weighted by Crippen LogP contribution is -2.49. The maximum atomic E-state index is 13.9. The molecule has 0 bridgehead atoms. The van der Waals surface area contributed by atoms with E-state index in [0.29, 0.717) is 41.8 Å². The minimum atomic E-state index is -3.96. The number of piperazine rings is 1. The first-order valence-corrected chi connectivity index (χ1v) is 15.1. The van der Waals surface area contributed by atoms with Gasteiger partial charge in [-0.05, 0) is 37.8 Å². The fourth-order valence-electron chi connectivity index (χ4n) is 5.39. The van der Waals surface area contributed by atoms with Crippen LogP contribution < -0.4 is 15.2 Å². The number of piperidine rings is 1. The van der Waals surface area contributed by atoms with Crippen LogP contribution in [0.3, 0.4) is 0 Å². The van der Waals surface area contributed by atoms with Crippen LogP contribution in [0, 0.1) is 12.8 Å². The zero-order chi connectivity index (χ0) is 27.0. The average Bonchev–Trinajstić information content (AvgIpc) is 3.27. The van der Waals surface area contributed by atoms with Crippen LogP contribution in [0.25, 0.3) is 10.2 Å². The van der Waals surface area contributed by atoms with Crippen LogP contribution in [0.1, 0.15) is 24.6 Å². The van der Waals surface area contributed by atoms with E-state index in [-0.39, 0.29) is 35.8 Å². The van der Waals surface area contributed by atoms with Gasteiger partial charge in [-0.15, -0.1) is 11.3 Å². The molecule has 0 saturated carbocycles. The Labute approximate surface area is 226 Å². The third kappa shape index (κ3) is 4.92. The van der Waals surface area contributed by atoms with E-state index >= 15 is 0 Å². The molecule has 1 atom stereocenters. The standard InChI is InChI=1S/C26H33N5O5S2/c1-18-7-6-10-29(15-18)22(32)16-30-17-27-25-23(26(30)33)24(19(2)37-25)38(34,35)31-13-11-28(12-14-31)20-8-4-5-9-21(20)36-3/h4-5,8-9,17-18H,6-7,10-16H2,1-3H3/t18-/m0/s1. The third-order valence-corrected chi connectivity index (χ3v) is 10.6. The number of amides is 1. The van der Waals surface area contributed by atoms with Crippen LogP contribution in [-0.4, -0.2) is 79.5 Å². The molecule has 4 heterocycles. The van der Waals surface area contributed by atoms with Gasteiger partial charge in [0.05, 0.1) is 24.5 Å². The lowest BCUT2D eigenvalue weighted by molar-refractivity contribution is -0.133. The molecular weight excluding hydrogens is 526 g/mol. The molecule has 5 rings (SSSR count). The van der Waals surface area contributed by atoms with Crippen molar-refractivity contribution in [3.63, 3.8) is 0 Å². The van der Waals surface area contributed by atoms with E-state index in [4.69, 9.17) is 4.74 Å². The number of aromatic nitrogens is 2. The molecule has 0 spiro atoms. The van der Waals surface area contributed by atoms with Crippen molar-refractivity contribution >= 4 is 43.2 Å². The number of para-hydroxylation sites is 2. The van der Waals surface area contributed by atoms with Crippen molar-refractivity contribution in [2.75, 3.05) is 51.3 Å². The SMILES string of the molecule is COc1ccccc1N1CCN(S(=O)(=O)c2c(C)sc3ncn(CC(=O)N4CCC[C@H](C)C4)c(=O)c23)CC1. The number of nitrogens with zero attached hydrogens (tertiary/aromatic N) is 5. The summed E-state index contributed by atoms with van der Waals surface area (Å²) in [7, 11) is -2.34. The summed E-state index contributed by atoms with van der Waals surface area (Å²) in [5, 5.41) is 0.0713. The second-order valence-electron chi connectivity index (χ2n) is 10.00. The number of methoxy groups -OCH3 is 1. The second-order valence-corrected chi connectivity index (χ2v) is 13.1. The van der Waals surface area contributed by atoms with E-state index in [1.165, 1.54) is 26.5 Å². The summed E-state index contributed by atoms with van der Waals surface area (Å²) in [4.78, 5) is 35.6. The molecule has 38 heavy (non-hydrogen) atoms. The number of hydrogen-bond donors (Lipinski definition) is 0. The summed E-state index contributed by atoms with van der Waals surface area (Å²) in [5.41, 5.74) is 0.424. The Morgan fingerprint density at radius 3 is 2.61 bits per heavy atom. The Bertz CT molecular complexity index is 1510. The molecule has 10 nitrogen and oxygen atoms in total. The highest BCUT2D eigenvalue weighted by atomic mass is 32.2. The minimum Gasteiger partial charge on any atom is -0.495 e. The number of thiophene rings is 1. The highest BCUT2D eigenvalue weighted by Gasteiger charge is 2.34. The number of anilines is 1. The Kier molecular flexibility index (Phi) is 7.47. The number of ether oxygens (including phenoxy) is 1. The topological polar surface area (TPSA) is 105 Å². The molecule has 1 aromatic carbocycles. The molecule has 2 aromatic heterocycles. The van der Waals surface area contributed by atoms with Crippen LogP contribution in [0.4, 0.5) is 5.69 Å². The molecule has 2 aliphatic heterocycles. The van der Waals surface area contributed by atoms with Crippen LogP contribution in [0.15, 0.2) is 40.3 Å². The van der Waals surface area contributed by atoms with E-state index < -0.39 is 15.6 Å². The fourth-order valence-corrected chi connectivity index (χ4v) is 8.48. The van der Waals surface area contributed by atoms with E-state index in [1.54, 1.807) is 18.9 Å². The summed E-state index contributed by atoms with van der Waals surface area (Å²) in [6, 6.07) is 7.67. The van der Waals surface area contributed by atoms with Gasteiger partial charge in [0.25, 0.3) is 5.56 Å². The van der Waals surface area contributed by atoms with Gasteiger partial charge in [0, 0.05) is 44.1 Å². The summed E-state index contributed by atoms with van der Waals surface area (Å²) in [6.07, 6.45) is 3.38. The van der Waals surface area contributed by atoms with Gasteiger partial charge in [-0.2, -0.15) is 4.31 Å². The predicted molar refractivity (Wildman–Crippen MR) is 148 cm³/mol. The summed E-state index contributed by atoms with van der Waals surface area (Å²) >= 11 is 1.19.